The molecular formula is C21H24N4O3. The molecule has 7 nitrogen and oxygen atoms in total. The van der Waals surface area contributed by atoms with Gasteiger partial charge in [-0.1, -0.05) is 29.8 Å². The molecule has 3 aromatic rings. The van der Waals surface area contributed by atoms with Crippen molar-refractivity contribution in [2.75, 3.05) is 20.7 Å². The van der Waals surface area contributed by atoms with Crippen LogP contribution in [-0.4, -0.2) is 52.2 Å². The zero-order valence-electron chi connectivity index (χ0n) is 16.8. The van der Waals surface area contributed by atoms with Crippen molar-refractivity contribution in [3.63, 3.8) is 0 Å². The number of esters is 1. The third-order valence-corrected chi connectivity index (χ3v) is 4.45. The summed E-state index contributed by atoms with van der Waals surface area (Å²) in [5.41, 5.74) is 3.64. The Hall–Kier alpha value is -3.22. The molecule has 0 unspecified atom stereocenters. The number of carbonyl (C=O) groups excluding carboxylic acids is 2. The van der Waals surface area contributed by atoms with Gasteiger partial charge in [-0.15, -0.1) is 0 Å². The summed E-state index contributed by atoms with van der Waals surface area (Å²) in [5, 5.41) is 4.99. The molecule has 1 amide bonds. The van der Waals surface area contributed by atoms with Crippen LogP contribution in [0.15, 0.2) is 36.5 Å². The van der Waals surface area contributed by atoms with E-state index >= 15 is 0 Å². The molecule has 0 aliphatic heterocycles. The third kappa shape index (κ3) is 3.88. The highest BCUT2D eigenvalue weighted by molar-refractivity contribution is 6.04. The van der Waals surface area contributed by atoms with Gasteiger partial charge >= 0.3 is 5.97 Å². The topological polar surface area (TPSA) is 77.3 Å². The average molecular weight is 380 g/mol. The van der Waals surface area contributed by atoms with Crippen LogP contribution < -0.4 is 0 Å². The first-order valence-electron chi connectivity index (χ1n) is 9.10. The van der Waals surface area contributed by atoms with Gasteiger partial charge in [0.15, 0.2) is 12.3 Å². The fraction of sp³-hybridized carbons (Fsp3) is 0.333. The maximum atomic E-state index is 12.7. The highest BCUT2D eigenvalue weighted by atomic mass is 16.5. The van der Waals surface area contributed by atoms with Crippen LogP contribution in [0.2, 0.25) is 0 Å². The van der Waals surface area contributed by atoms with E-state index in [2.05, 4.69) is 5.10 Å². The second-order valence-electron chi connectivity index (χ2n) is 7.21. The van der Waals surface area contributed by atoms with Crippen LogP contribution in [0.1, 0.15) is 35.8 Å². The summed E-state index contributed by atoms with van der Waals surface area (Å²) >= 11 is 0. The lowest BCUT2D eigenvalue weighted by atomic mass is 10.1. The van der Waals surface area contributed by atoms with Gasteiger partial charge in [-0.3, -0.25) is 4.79 Å². The van der Waals surface area contributed by atoms with Crippen molar-refractivity contribution in [2.45, 2.75) is 26.8 Å². The van der Waals surface area contributed by atoms with Crippen molar-refractivity contribution < 1.29 is 14.3 Å². The molecule has 0 aliphatic carbocycles. The summed E-state index contributed by atoms with van der Waals surface area (Å²) in [4.78, 5) is 30.6. The van der Waals surface area contributed by atoms with Gasteiger partial charge in [0, 0.05) is 25.7 Å². The van der Waals surface area contributed by atoms with Crippen molar-refractivity contribution >= 4 is 22.9 Å². The molecule has 0 radical (unpaired) electrons. The van der Waals surface area contributed by atoms with Gasteiger partial charge < -0.3 is 9.64 Å². The number of fused-ring (bicyclic) bond motifs is 1. The molecule has 0 saturated carbocycles. The molecule has 0 saturated heterocycles. The molecule has 146 valence electrons. The van der Waals surface area contributed by atoms with Gasteiger partial charge in [0.1, 0.15) is 0 Å². The van der Waals surface area contributed by atoms with Crippen LogP contribution in [0.4, 0.5) is 0 Å². The van der Waals surface area contributed by atoms with Crippen molar-refractivity contribution in [1.82, 2.24) is 19.7 Å². The predicted octanol–water partition coefficient (Wildman–Crippen LogP) is 3.23. The van der Waals surface area contributed by atoms with E-state index < -0.39 is 5.97 Å². The lowest BCUT2D eigenvalue weighted by Crippen LogP contribution is -2.27. The zero-order valence-corrected chi connectivity index (χ0v) is 16.8. The molecule has 2 heterocycles. The number of rotatable bonds is 5. The number of aryl methyl sites for hydroxylation is 1. The number of hydrogen-bond donors (Lipinski definition) is 0. The molecular weight excluding hydrogens is 356 g/mol. The molecule has 28 heavy (non-hydrogen) atoms. The summed E-state index contributed by atoms with van der Waals surface area (Å²) in [6.45, 7) is 5.70. The standard InChI is InChI=1S/C21H24N4O3/c1-13(2)25-20-17(11-22-25)16(21(27)28-12-19(26)24(4)5)10-18(23-20)15-8-6-14(3)7-9-15/h6-11,13H,12H2,1-5H3. The van der Waals surface area contributed by atoms with Crippen LogP contribution in [0, 0.1) is 6.92 Å². The molecule has 0 bridgehead atoms. The monoisotopic (exact) mass is 380 g/mol. The van der Waals surface area contributed by atoms with Gasteiger partial charge in [0.05, 0.1) is 22.8 Å². The molecule has 3 rings (SSSR count). The second kappa shape index (κ2) is 7.80. The summed E-state index contributed by atoms with van der Waals surface area (Å²) in [6, 6.07) is 9.69. The van der Waals surface area contributed by atoms with Gasteiger partial charge in [-0.05, 0) is 26.8 Å². The molecule has 1 aromatic carbocycles. The molecule has 7 heteroatoms. The Bertz CT molecular complexity index is 1020. The summed E-state index contributed by atoms with van der Waals surface area (Å²) in [5.74, 6) is -0.852. The largest absolute Gasteiger partial charge is 0.452 e. The Labute approximate surface area is 163 Å². The fourth-order valence-corrected chi connectivity index (χ4v) is 2.77. The molecule has 0 N–H and O–H groups in total. The highest BCUT2D eigenvalue weighted by Gasteiger charge is 2.20. The molecule has 0 aliphatic rings. The molecule has 0 spiro atoms. The number of hydrogen-bond acceptors (Lipinski definition) is 5. The van der Waals surface area contributed by atoms with E-state index in [1.54, 1.807) is 31.0 Å². The van der Waals surface area contributed by atoms with E-state index in [1.807, 2.05) is 45.0 Å². The first kappa shape index (κ1) is 19.5. The SMILES string of the molecule is Cc1ccc(-c2cc(C(=O)OCC(=O)N(C)C)c3cnn(C(C)C)c3n2)cc1. The number of pyridine rings is 1. The Balaban J connectivity index is 2.08. The van der Waals surface area contributed by atoms with Crippen LogP contribution in [0.5, 0.6) is 0 Å². The first-order chi connectivity index (χ1) is 13.3. The summed E-state index contributed by atoms with van der Waals surface area (Å²) in [7, 11) is 3.23. The van der Waals surface area contributed by atoms with E-state index in [-0.39, 0.29) is 18.6 Å². The number of ether oxygens (including phenoxy) is 1. The number of aromatic nitrogens is 3. The van der Waals surface area contributed by atoms with Crippen LogP contribution >= 0.6 is 0 Å². The van der Waals surface area contributed by atoms with Crippen molar-refractivity contribution in [3.8, 4) is 11.3 Å². The molecule has 0 fully saturated rings. The third-order valence-electron chi connectivity index (χ3n) is 4.45. The smallest absolute Gasteiger partial charge is 0.339 e. The van der Waals surface area contributed by atoms with Gasteiger partial charge in [0.2, 0.25) is 0 Å². The average Bonchev–Trinajstić information content (AvgIpc) is 3.09. The number of likely N-dealkylation sites (N-methyl/N-ethyl adjacent to an activating group) is 1. The first-order valence-corrected chi connectivity index (χ1v) is 9.10. The van der Waals surface area contributed by atoms with Gasteiger partial charge in [-0.25, -0.2) is 14.5 Å². The van der Waals surface area contributed by atoms with E-state index in [9.17, 15) is 9.59 Å². The summed E-state index contributed by atoms with van der Waals surface area (Å²) < 4.78 is 7.02. The summed E-state index contributed by atoms with van der Waals surface area (Å²) in [6.07, 6.45) is 1.62. The van der Waals surface area contributed by atoms with Crippen molar-refractivity contribution in [3.05, 3.63) is 47.7 Å². The van der Waals surface area contributed by atoms with Crippen LogP contribution in [-0.2, 0) is 9.53 Å². The Morgan fingerprint density at radius 1 is 1.18 bits per heavy atom. The minimum Gasteiger partial charge on any atom is -0.452 e. The molecule has 0 atom stereocenters. The fourth-order valence-electron chi connectivity index (χ4n) is 2.77. The van der Waals surface area contributed by atoms with Gasteiger partial charge in [0.25, 0.3) is 5.91 Å². The van der Waals surface area contributed by atoms with Gasteiger partial charge in [-0.2, -0.15) is 5.10 Å². The highest BCUT2D eigenvalue weighted by Crippen LogP contribution is 2.27. The van der Waals surface area contributed by atoms with Crippen LogP contribution in [0.25, 0.3) is 22.3 Å². The number of nitrogens with zero attached hydrogens (tertiary/aromatic N) is 4. The predicted molar refractivity (Wildman–Crippen MR) is 107 cm³/mol. The normalized spacial score (nSPS) is 11.1. The Morgan fingerprint density at radius 2 is 1.86 bits per heavy atom. The van der Waals surface area contributed by atoms with E-state index in [0.29, 0.717) is 22.3 Å². The number of benzene rings is 1. The maximum Gasteiger partial charge on any atom is 0.339 e. The van der Waals surface area contributed by atoms with Crippen molar-refractivity contribution in [2.24, 2.45) is 0 Å². The van der Waals surface area contributed by atoms with Crippen molar-refractivity contribution in [1.29, 1.82) is 0 Å². The Kier molecular flexibility index (Phi) is 5.44. The number of carbonyl (C=O) groups is 2. The number of amides is 1. The van der Waals surface area contributed by atoms with E-state index in [1.165, 1.54) is 4.90 Å². The van der Waals surface area contributed by atoms with Crippen LogP contribution in [0.3, 0.4) is 0 Å². The molecule has 2 aromatic heterocycles. The minimum atomic E-state index is -0.570. The quantitative estimate of drug-likeness (QED) is 0.635. The lowest BCUT2D eigenvalue weighted by Gasteiger charge is -2.12. The van der Waals surface area contributed by atoms with E-state index in [0.717, 1.165) is 11.1 Å². The lowest BCUT2D eigenvalue weighted by molar-refractivity contribution is -0.131. The second-order valence-corrected chi connectivity index (χ2v) is 7.21. The van der Waals surface area contributed by atoms with E-state index in [4.69, 9.17) is 9.72 Å². The minimum absolute atomic E-state index is 0.0810. The zero-order chi connectivity index (χ0) is 20.4. The maximum absolute atomic E-state index is 12.7. The Morgan fingerprint density at radius 3 is 2.46 bits per heavy atom.